The highest BCUT2D eigenvalue weighted by molar-refractivity contribution is 5.92. The van der Waals surface area contributed by atoms with E-state index in [4.69, 9.17) is 4.74 Å². The molecule has 3 aromatic rings. The quantitative estimate of drug-likeness (QED) is 0.614. The zero-order chi connectivity index (χ0) is 20.6. The molecule has 1 amide bonds. The Kier molecular flexibility index (Phi) is 6.63. The van der Waals surface area contributed by atoms with Crippen LogP contribution < -0.4 is 20.3 Å². The van der Waals surface area contributed by atoms with E-state index in [2.05, 4.69) is 20.8 Å². The number of aromatic nitrogens is 2. The number of nitrogens with zero attached hydrogens (tertiary/aromatic N) is 3. The molecule has 0 aliphatic heterocycles. The van der Waals surface area contributed by atoms with E-state index in [1.165, 1.54) is 0 Å². The average Bonchev–Trinajstić information content (AvgIpc) is 2.74. The van der Waals surface area contributed by atoms with Crippen LogP contribution in [0.15, 0.2) is 60.7 Å². The van der Waals surface area contributed by atoms with Gasteiger partial charge in [0.1, 0.15) is 5.75 Å². The monoisotopic (exact) mass is 391 g/mol. The number of benzene rings is 2. The molecule has 0 radical (unpaired) electrons. The Morgan fingerprint density at radius 3 is 2.48 bits per heavy atom. The molecule has 0 bridgehead atoms. The van der Waals surface area contributed by atoms with Crippen molar-refractivity contribution in [2.75, 3.05) is 38.0 Å². The van der Waals surface area contributed by atoms with E-state index >= 15 is 0 Å². The number of rotatable bonds is 8. The molecule has 7 heteroatoms. The van der Waals surface area contributed by atoms with Gasteiger partial charge in [-0.05, 0) is 60.5 Å². The van der Waals surface area contributed by atoms with E-state index in [0.717, 1.165) is 22.7 Å². The molecule has 1 aromatic heterocycles. The summed E-state index contributed by atoms with van der Waals surface area (Å²) in [7, 11) is 5.62. The normalized spacial score (nSPS) is 10.3. The lowest BCUT2D eigenvalue weighted by molar-refractivity contribution is 0.0948. The summed E-state index contributed by atoms with van der Waals surface area (Å²) < 4.78 is 5.21. The van der Waals surface area contributed by atoms with Crippen LogP contribution in [0.1, 0.15) is 16.1 Å². The van der Waals surface area contributed by atoms with Crippen molar-refractivity contribution < 1.29 is 9.53 Å². The molecule has 7 nitrogen and oxygen atoms in total. The van der Waals surface area contributed by atoms with Crippen LogP contribution in [-0.2, 0) is 6.42 Å². The van der Waals surface area contributed by atoms with Gasteiger partial charge in [0.05, 0.1) is 7.11 Å². The van der Waals surface area contributed by atoms with E-state index in [0.29, 0.717) is 18.8 Å². The first-order valence-corrected chi connectivity index (χ1v) is 9.34. The predicted molar refractivity (Wildman–Crippen MR) is 115 cm³/mol. The van der Waals surface area contributed by atoms with Crippen molar-refractivity contribution in [1.82, 2.24) is 15.5 Å². The molecule has 3 rings (SSSR count). The number of methoxy groups -OCH3 is 1. The van der Waals surface area contributed by atoms with E-state index in [9.17, 15) is 4.79 Å². The van der Waals surface area contributed by atoms with Crippen LogP contribution in [0.25, 0.3) is 0 Å². The van der Waals surface area contributed by atoms with Crippen LogP contribution in [0.4, 0.5) is 17.2 Å². The first kappa shape index (κ1) is 20.1. The number of nitrogens with one attached hydrogen (secondary N) is 2. The Hall–Kier alpha value is -3.61. The van der Waals surface area contributed by atoms with Crippen LogP contribution in [0.5, 0.6) is 5.75 Å². The summed E-state index contributed by atoms with van der Waals surface area (Å²) in [5.74, 6) is 1.14. The molecule has 0 unspecified atom stereocenters. The standard InChI is InChI=1S/C22H25N5O2/c1-27(2)18-9-7-17(8-10-18)24-21-12-11-20(25-26-21)22(28)23-14-13-16-5-4-6-19(15-16)29-3/h4-12,15H,13-14H2,1-3H3,(H,23,28)(H,24,26). The average molecular weight is 391 g/mol. The minimum absolute atomic E-state index is 0.248. The van der Waals surface area contributed by atoms with Crippen molar-refractivity contribution in [3.63, 3.8) is 0 Å². The number of amides is 1. The number of ether oxygens (including phenoxy) is 1. The second-order valence-corrected chi connectivity index (χ2v) is 6.73. The lowest BCUT2D eigenvalue weighted by atomic mass is 10.1. The molecule has 2 aromatic carbocycles. The van der Waals surface area contributed by atoms with Crippen LogP contribution >= 0.6 is 0 Å². The van der Waals surface area contributed by atoms with Crippen LogP contribution in [0, 0.1) is 0 Å². The van der Waals surface area contributed by atoms with Gasteiger partial charge in [0.15, 0.2) is 11.5 Å². The molecular weight excluding hydrogens is 366 g/mol. The highest BCUT2D eigenvalue weighted by Crippen LogP contribution is 2.18. The molecule has 0 aliphatic carbocycles. The second-order valence-electron chi connectivity index (χ2n) is 6.73. The third-order valence-corrected chi connectivity index (χ3v) is 4.39. The maximum atomic E-state index is 12.3. The van der Waals surface area contributed by atoms with E-state index < -0.39 is 0 Å². The van der Waals surface area contributed by atoms with Crippen LogP contribution in [-0.4, -0.2) is 43.9 Å². The number of hydrogen-bond acceptors (Lipinski definition) is 6. The summed E-state index contributed by atoms with van der Waals surface area (Å²) in [6, 6.07) is 19.1. The molecular formula is C22H25N5O2. The molecule has 0 saturated heterocycles. The molecule has 0 spiro atoms. The van der Waals surface area contributed by atoms with Crippen molar-refractivity contribution in [3.05, 3.63) is 71.9 Å². The number of hydrogen-bond donors (Lipinski definition) is 2. The molecule has 29 heavy (non-hydrogen) atoms. The Labute approximate surface area is 170 Å². The largest absolute Gasteiger partial charge is 0.497 e. The smallest absolute Gasteiger partial charge is 0.271 e. The van der Waals surface area contributed by atoms with Gasteiger partial charge >= 0.3 is 0 Å². The van der Waals surface area contributed by atoms with Gasteiger partial charge in [-0.3, -0.25) is 4.79 Å². The van der Waals surface area contributed by atoms with Gasteiger partial charge in [0, 0.05) is 32.0 Å². The Morgan fingerprint density at radius 1 is 1.03 bits per heavy atom. The lowest BCUT2D eigenvalue weighted by Gasteiger charge is -2.13. The summed E-state index contributed by atoms with van der Waals surface area (Å²) in [6.07, 6.45) is 0.707. The molecule has 0 fully saturated rings. The summed E-state index contributed by atoms with van der Waals surface area (Å²) >= 11 is 0. The zero-order valence-electron chi connectivity index (χ0n) is 16.8. The van der Waals surface area contributed by atoms with Crippen LogP contribution in [0.2, 0.25) is 0 Å². The highest BCUT2D eigenvalue weighted by atomic mass is 16.5. The third-order valence-electron chi connectivity index (χ3n) is 4.39. The molecule has 2 N–H and O–H groups in total. The van der Waals surface area contributed by atoms with Gasteiger partial charge in [-0.25, -0.2) is 0 Å². The first-order chi connectivity index (χ1) is 14.0. The van der Waals surface area contributed by atoms with Crippen molar-refractivity contribution in [3.8, 4) is 5.75 Å². The Bertz CT molecular complexity index is 940. The first-order valence-electron chi connectivity index (χ1n) is 9.34. The van der Waals surface area contributed by atoms with Crippen LogP contribution in [0.3, 0.4) is 0 Å². The Balaban J connectivity index is 1.51. The van der Waals surface area contributed by atoms with Gasteiger partial charge in [-0.15, -0.1) is 10.2 Å². The minimum Gasteiger partial charge on any atom is -0.497 e. The van der Waals surface area contributed by atoms with Crippen molar-refractivity contribution in [2.45, 2.75) is 6.42 Å². The number of carbonyl (C=O) groups excluding carboxylic acids is 1. The molecule has 0 saturated carbocycles. The fraction of sp³-hybridized carbons (Fsp3) is 0.227. The fourth-order valence-corrected chi connectivity index (χ4v) is 2.75. The Morgan fingerprint density at radius 2 is 1.83 bits per heavy atom. The zero-order valence-corrected chi connectivity index (χ0v) is 16.8. The topological polar surface area (TPSA) is 79.4 Å². The summed E-state index contributed by atoms with van der Waals surface area (Å²) in [4.78, 5) is 14.3. The maximum Gasteiger partial charge on any atom is 0.271 e. The molecule has 1 heterocycles. The van der Waals surface area contributed by atoms with Gasteiger partial charge in [0.25, 0.3) is 5.91 Å². The third kappa shape index (κ3) is 5.68. The van der Waals surface area contributed by atoms with Gasteiger partial charge in [0.2, 0.25) is 0 Å². The minimum atomic E-state index is -0.248. The second kappa shape index (κ2) is 9.54. The SMILES string of the molecule is COc1cccc(CCNC(=O)c2ccc(Nc3ccc(N(C)C)cc3)nn2)c1. The van der Waals surface area contributed by atoms with Gasteiger partial charge in [-0.2, -0.15) is 0 Å². The van der Waals surface area contributed by atoms with Gasteiger partial charge in [-0.1, -0.05) is 12.1 Å². The van der Waals surface area contributed by atoms with E-state index in [1.54, 1.807) is 19.2 Å². The fourth-order valence-electron chi connectivity index (χ4n) is 2.75. The summed E-state index contributed by atoms with van der Waals surface area (Å²) in [6.45, 7) is 0.506. The number of anilines is 3. The van der Waals surface area contributed by atoms with E-state index in [-0.39, 0.29) is 11.6 Å². The maximum absolute atomic E-state index is 12.3. The molecule has 0 atom stereocenters. The summed E-state index contributed by atoms with van der Waals surface area (Å²) in [5.41, 5.74) is 3.39. The van der Waals surface area contributed by atoms with E-state index in [1.807, 2.05) is 67.5 Å². The van der Waals surface area contributed by atoms with Crippen molar-refractivity contribution in [2.24, 2.45) is 0 Å². The highest BCUT2D eigenvalue weighted by Gasteiger charge is 2.08. The van der Waals surface area contributed by atoms with Crippen molar-refractivity contribution in [1.29, 1.82) is 0 Å². The van der Waals surface area contributed by atoms with Crippen molar-refractivity contribution >= 4 is 23.1 Å². The predicted octanol–water partition coefficient (Wildman–Crippen LogP) is 3.27. The van der Waals surface area contributed by atoms with Gasteiger partial charge < -0.3 is 20.3 Å². The number of carbonyl (C=O) groups is 1. The lowest BCUT2D eigenvalue weighted by Crippen LogP contribution is -2.26. The molecule has 150 valence electrons. The molecule has 0 aliphatic rings. The summed E-state index contributed by atoms with van der Waals surface area (Å²) in [5, 5.41) is 14.2.